The average molecular weight is 610 g/mol. The molecule has 5 nitrogen and oxygen atoms in total. The van der Waals surface area contributed by atoms with Gasteiger partial charge in [0, 0.05) is 24.4 Å². The van der Waals surface area contributed by atoms with E-state index in [1.165, 1.54) is 10.4 Å². The third-order valence-electron chi connectivity index (χ3n) is 10.5. The van der Waals surface area contributed by atoms with Crippen LogP contribution < -0.4 is 10.4 Å². The highest BCUT2D eigenvalue weighted by molar-refractivity contribution is 7.90. The molecule has 42 heavy (non-hydrogen) atoms. The molecule has 0 radical (unpaired) electrons. The second kappa shape index (κ2) is 12.7. The summed E-state index contributed by atoms with van der Waals surface area (Å²) in [6, 6.07) is 21.0. The Kier molecular flexibility index (Phi) is 9.53. The highest BCUT2D eigenvalue weighted by atomic mass is 32.2. The van der Waals surface area contributed by atoms with Crippen LogP contribution in [0.3, 0.4) is 0 Å². The molecular formula is C35H51NO4SSi. The van der Waals surface area contributed by atoms with Crippen molar-refractivity contribution in [1.29, 1.82) is 0 Å². The average Bonchev–Trinajstić information content (AvgIpc) is 3.42. The molecule has 0 bridgehead atoms. The van der Waals surface area contributed by atoms with E-state index in [4.69, 9.17) is 4.43 Å². The lowest BCUT2D eigenvalue weighted by Gasteiger charge is -2.44. The van der Waals surface area contributed by atoms with Crippen LogP contribution in [0.4, 0.5) is 0 Å². The number of nitrogens with zero attached hydrogens (tertiary/aromatic N) is 1. The maximum absolute atomic E-state index is 14.4. The number of rotatable bonds is 12. The molecular weight excluding hydrogens is 559 g/mol. The fourth-order valence-corrected chi connectivity index (χ4v) is 16.1. The van der Waals surface area contributed by atoms with Gasteiger partial charge in [-0.1, -0.05) is 120 Å². The molecule has 0 amide bonds. The standard InChI is InChI=1S/C35H51NO4SSi/c1-5-6-7-10-17-29(37)26-33-32-22-15-16-24-35(32)25-23-28(36(35)41(33,38)39)27-40-42(34(2,3)4,30-18-11-8-12-19-30)31-20-13-9-14-21-31/h8-9,11-14,18-21,28,32-33H,5-7,10,15-17,22-27H2,1-4H3/t28-,32+,33+,35-/m1/s1. The molecule has 2 heterocycles. The van der Waals surface area contributed by atoms with E-state index in [0.29, 0.717) is 13.0 Å². The van der Waals surface area contributed by atoms with Gasteiger partial charge in [-0.05, 0) is 53.4 Å². The third-order valence-corrected chi connectivity index (χ3v) is 18.0. The molecule has 3 fully saturated rings. The third kappa shape index (κ3) is 5.59. The van der Waals surface area contributed by atoms with Crippen LogP contribution >= 0.6 is 0 Å². The van der Waals surface area contributed by atoms with Crippen LogP contribution in [0.5, 0.6) is 0 Å². The van der Waals surface area contributed by atoms with Gasteiger partial charge < -0.3 is 4.43 Å². The van der Waals surface area contributed by atoms with E-state index in [2.05, 4.69) is 76.2 Å². The first-order chi connectivity index (χ1) is 20.1. The van der Waals surface area contributed by atoms with Crippen molar-refractivity contribution < 1.29 is 17.6 Å². The molecule has 2 aliphatic heterocycles. The van der Waals surface area contributed by atoms with Crippen LogP contribution in [0.15, 0.2) is 60.7 Å². The summed E-state index contributed by atoms with van der Waals surface area (Å²) in [5, 5.41) is 1.67. The van der Waals surface area contributed by atoms with Gasteiger partial charge in [0.25, 0.3) is 8.32 Å². The Morgan fingerprint density at radius 3 is 2.17 bits per heavy atom. The molecule has 1 spiro atoms. The maximum Gasteiger partial charge on any atom is 0.261 e. The quantitative estimate of drug-likeness (QED) is 0.201. The zero-order chi connectivity index (χ0) is 30.0. The van der Waals surface area contributed by atoms with E-state index in [-0.39, 0.29) is 34.7 Å². The van der Waals surface area contributed by atoms with Gasteiger partial charge in [-0.3, -0.25) is 4.79 Å². The van der Waals surface area contributed by atoms with Crippen molar-refractivity contribution in [3.8, 4) is 0 Å². The van der Waals surface area contributed by atoms with Crippen LogP contribution in [0.2, 0.25) is 5.04 Å². The Hall–Kier alpha value is -1.80. The molecule has 2 aromatic carbocycles. The lowest BCUT2D eigenvalue weighted by Crippen LogP contribution is -2.67. The van der Waals surface area contributed by atoms with Crippen molar-refractivity contribution in [3.63, 3.8) is 0 Å². The normalized spacial score (nSPS) is 27.5. The Morgan fingerprint density at radius 2 is 1.57 bits per heavy atom. The number of hydrogen-bond donors (Lipinski definition) is 0. The highest BCUT2D eigenvalue weighted by Gasteiger charge is 2.67. The first-order valence-electron chi connectivity index (χ1n) is 16.4. The Balaban J connectivity index is 1.45. The number of hydrogen-bond acceptors (Lipinski definition) is 4. The highest BCUT2D eigenvalue weighted by Crippen LogP contribution is 2.58. The largest absolute Gasteiger partial charge is 0.406 e. The summed E-state index contributed by atoms with van der Waals surface area (Å²) >= 11 is 0. The lowest BCUT2D eigenvalue weighted by molar-refractivity contribution is -0.119. The van der Waals surface area contributed by atoms with E-state index in [1.54, 1.807) is 0 Å². The van der Waals surface area contributed by atoms with Gasteiger partial charge in [0.05, 0.1) is 11.9 Å². The molecule has 0 N–H and O–H groups in total. The van der Waals surface area contributed by atoms with E-state index < -0.39 is 23.6 Å². The summed E-state index contributed by atoms with van der Waals surface area (Å²) in [6.45, 7) is 9.35. The maximum atomic E-state index is 14.4. The van der Waals surface area contributed by atoms with Gasteiger partial charge in [0.2, 0.25) is 10.0 Å². The molecule has 1 aliphatic carbocycles. The molecule has 4 atom stereocenters. The summed E-state index contributed by atoms with van der Waals surface area (Å²) in [4.78, 5) is 13.1. The van der Waals surface area contributed by atoms with Crippen molar-refractivity contribution in [2.24, 2.45) is 5.92 Å². The lowest BCUT2D eigenvalue weighted by atomic mass is 9.70. The van der Waals surface area contributed by atoms with Crippen LogP contribution in [0.1, 0.15) is 105 Å². The Bertz CT molecular complexity index is 1270. The number of ketones is 1. The molecule has 230 valence electrons. The minimum Gasteiger partial charge on any atom is -0.406 e. The van der Waals surface area contributed by atoms with Crippen molar-refractivity contribution in [2.75, 3.05) is 6.61 Å². The predicted octanol–water partition coefficient (Wildman–Crippen LogP) is 6.60. The van der Waals surface area contributed by atoms with Crippen LogP contribution in [-0.2, 0) is 19.2 Å². The van der Waals surface area contributed by atoms with E-state index in [9.17, 15) is 13.2 Å². The number of unbranched alkanes of at least 4 members (excludes halogenated alkanes) is 3. The van der Waals surface area contributed by atoms with Gasteiger partial charge >= 0.3 is 0 Å². The van der Waals surface area contributed by atoms with Gasteiger partial charge in [-0.25, -0.2) is 8.42 Å². The van der Waals surface area contributed by atoms with Gasteiger partial charge in [0.15, 0.2) is 0 Å². The summed E-state index contributed by atoms with van der Waals surface area (Å²) < 4.78 is 38.1. The van der Waals surface area contributed by atoms with Crippen LogP contribution in [-0.4, -0.2) is 50.3 Å². The van der Waals surface area contributed by atoms with Crippen molar-refractivity contribution >= 4 is 34.5 Å². The SMILES string of the molecule is CCCCCCC(=O)C[C@H]1[C@@H]2CCCC[C@@]23CC[C@H](CO[Si](c2ccccc2)(c2ccccc2)C(C)(C)C)N3S1(=O)=O. The summed E-state index contributed by atoms with van der Waals surface area (Å²) in [5.74, 6) is 0.176. The van der Waals surface area contributed by atoms with E-state index in [1.807, 2.05) is 16.4 Å². The zero-order valence-electron chi connectivity index (χ0n) is 26.2. The van der Waals surface area contributed by atoms with Gasteiger partial charge in [0.1, 0.15) is 5.78 Å². The molecule has 2 saturated heterocycles. The van der Waals surface area contributed by atoms with Gasteiger partial charge in [-0.15, -0.1) is 0 Å². The number of carbonyl (C=O) groups is 1. The van der Waals surface area contributed by atoms with Crippen LogP contribution in [0, 0.1) is 5.92 Å². The molecule has 7 heteroatoms. The second-order valence-electron chi connectivity index (χ2n) is 14.1. The monoisotopic (exact) mass is 609 g/mol. The molecule has 2 aromatic rings. The van der Waals surface area contributed by atoms with Gasteiger partial charge in [-0.2, -0.15) is 4.31 Å². The molecule has 1 saturated carbocycles. The number of carbonyl (C=O) groups excluding carboxylic acids is 1. The zero-order valence-corrected chi connectivity index (χ0v) is 28.0. The Morgan fingerprint density at radius 1 is 0.929 bits per heavy atom. The fraction of sp³-hybridized carbons (Fsp3) is 0.629. The van der Waals surface area contributed by atoms with E-state index in [0.717, 1.165) is 64.2 Å². The second-order valence-corrected chi connectivity index (χ2v) is 20.4. The number of benzene rings is 2. The molecule has 5 rings (SSSR count). The smallest absolute Gasteiger partial charge is 0.261 e. The minimum absolute atomic E-state index is 0.0497. The fourth-order valence-electron chi connectivity index (χ4n) is 8.64. The predicted molar refractivity (Wildman–Crippen MR) is 174 cm³/mol. The number of sulfonamides is 1. The summed E-state index contributed by atoms with van der Waals surface area (Å²) in [7, 11) is -6.41. The Labute approximate surface area is 255 Å². The summed E-state index contributed by atoms with van der Waals surface area (Å²) in [5.41, 5.74) is -0.344. The van der Waals surface area contributed by atoms with Crippen LogP contribution in [0.25, 0.3) is 0 Å². The first kappa shape index (κ1) is 31.6. The number of Topliss-reactive ketones (excluding diaryl/α,β-unsaturated/α-hetero) is 1. The van der Waals surface area contributed by atoms with Crippen molar-refractivity contribution in [1.82, 2.24) is 4.31 Å². The minimum atomic E-state index is -3.62. The molecule has 0 aromatic heterocycles. The van der Waals surface area contributed by atoms with Crippen molar-refractivity contribution in [2.45, 2.75) is 127 Å². The summed E-state index contributed by atoms with van der Waals surface area (Å²) in [6.07, 6.45) is 10.5. The van der Waals surface area contributed by atoms with E-state index >= 15 is 0 Å². The topological polar surface area (TPSA) is 63.7 Å². The van der Waals surface area contributed by atoms with Crippen molar-refractivity contribution in [3.05, 3.63) is 60.7 Å². The molecule has 3 aliphatic rings. The first-order valence-corrected chi connectivity index (χ1v) is 19.8. The molecule has 0 unspecified atom stereocenters.